The van der Waals surface area contributed by atoms with E-state index in [1.54, 1.807) is 0 Å². The summed E-state index contributed by atoms with van der Waals surface area (Å²) in [7, 11) is 0.545. The second-order valence-electron chi connectivity index (χ2n) is 8.33. The van der Waals surface area contributed by atoms with E-state index in [1.807, 2.05) is 12.1 Å². The molecule has 0 aliphatic carbocycles. The first-order valence-corrected chi connectivity index (χ1v) is 21.9. The van der Waals surface area contributed by atoms with Gasteiger partial charge >= 0.3 is 0 Å². The standard InChI is InChI=1S/C15H22Si3.C12H10/c1-18(2,17-16)15(13-9-5-3-6-10-13)14-11-7-4-8-12-14;1-3-7-11(8-4-1)12-9-5-2-6-10-12/h3-12,15H,17H2,1-2,16H3;1-10H. The lowest BCUT2D eigenvalue weighted by molar-refractivity contribution is 1.09. The Morgan fingerprint density at radius 3 is 1.13 bits per heavy atom. The molecule has 0 N–H and O–H groups in total. The van der Waals surface area contributed by atoms with Gasteiger partial charge in [0.05, 0.1) is 0 Å². The third-order valence-corrected chi connectivity index (χ3v) is 33.0. The predicted octanol–water partition coefficient (Wildman–Crippen LogP) is 5.37. The fourth-order valence-electron chi connectivity index (χ4n) is 3.85. The van der Waals surface area contributed by atoms with Crippen LogP contribution in [-0.4, -0.2) is 25.9 Å². The molecule has 0 saturated carbocycles. The molecular weight excluding hydrogens is 409 g/mol. The van der Waals surface area contributed by atoms with Crippen LogP contribution in [-0.2, 0) is 0 Å². The molecule has 0 radical (unpaired) electrons. The summed E-state index contributed by atoms with van der Waals surface area (Å²) >= 11 is 0. The zero-order valence-corrected chi connectivity index (χ0v) is 22.7. The molecule has 3 heteroatoms. The minimum atomic E-state index is -1.09. The van der Waals surface area contributed by atoms with Crippen LogP contribution < -0.4 is 0 Å². The van der Waals surface area contributed by atoms with Gasteiger partial charge in [0.1, 0.15) is 0 Å². The zero-order chi connectivity index (χ0) is 21.2. The van der Waals surface area contributed by atoms with Gasteiger partial charge in [-0.2, -0.15) is 0 Å². The maximum Gasteiger partial charge on any atom is 0.0441 e. The minimum absolute atomic E-state index is 0.185. The van der Waals surface area contributed by atoms with Crippen LogP contribution >= 0.6 is 0 Å². The van der Waals surface area contributed by atoms with Crippen molar-refractivity contribution in [3.05, 3.63) is 132 Å². The molecule has 0 aromatic heterocycles. The number of rotatable bonds is 5. The summed E-state index contributed by atoms with van der Waals surface area (Å²) in [6.45, 7) is 5.19. The number of benzene rings is 4. The van der Waals surface area contributed by atoms with Crippen LogP contribution in [0.2, 0.25) is 13.1 Å². The lowest BCUT2D eigenvalue weighted by Gasteiger charge is -2.32. The fourth-order valence-corrected chi connectivity index (χ4v) is 12.8. The first-order chi connectivity index (χ1) is 14.6. The van der Waals surface area contributed by atoms with Crippen molar-refractivity contribution in [2.24, 2.45) is 0 Å². The Balaban J connectivity index is 0.000000184. The molecule has 30 heavy (non-hydrogen) atoms. The van der Waals surface area contributed by atoms with Crippen LogP contribution in [0.5, 0.6) is 0 Å². The molecule has 0 bridgehead atoms. The first-order valence-electron chi connectivity index (χ1n) is 10.8. The summed E-state index contributed by atoms with van der Waals surface area (Å²) in [5, 5.41) is 0. The molecule has 0 saturated heterocycles. The van der Waals surface area contributed by atoms with Gasteiger partial charge in [-0.05, 0) is 32.0 Å². The molecule has 0 atom stereocenters. The van der Waals surface area contributed by atoms with Crippen molar-refractivity contribution in [3.8, 4) is 11.1 Å². The third-order valence-electron chi connectivity index (χ3n) is 5.84. The van der Waals surface area contributed by atoms with Crippen molar-refractivity contribution in [1.82, 2.24) is 0 Å². The second-order valence-corrected chi connectivity index (χ2v) is 27.5. The number of hydrogen-bond donors (Lipinski definition) is 0. The van der Waals surface area contributed by atoms with Crippen LogP contribution in [0, 0.1) is 0 Å². The van der Waals surface area contributed by atoms with Crippen LogP contribution in [0.15, 0.2) is 121 Å². The van der Waals surface area contributed by atoms with Gasteiger partial charge < -0.3 is 0 Å². The second kappa shape index (κ2) is 11.1. The van der Waals surface area contributed by atoms with Crippen molar-refractivity contribution in [3.63, 3.8) is 0 Å². The van der Waals surface area contributed by atoms with E-state index in [0.29, 0.717) is 5.54 Å². The summed E-state index contributed by atoms with van der Waals surface area (Å²) in [4.78, 5) is 0. The monoisotopic (exact) mass is 440 g/mol. The first kappa shape index (κ1) is 22.2. The molecule has 0 nitrogen and oxygen atoms in total. The van der Waals surface area contributed by atoms with E-state index >= 15 is 0 Å². The Hall–Kier alpha value is -2.47. The molecule has 152 valence electrons. The Morgan fingerprint density at radius 2 is 0.833 bits per heavy atom. The van der Waals surface area contributed by atoms with E-state index in [-0.39, 0.29) is 8.55 Å². The summed E-state index contributed by atoms with van der Waals surface area (Å²) in [6.07, 6.45) is 0. The third kappa shape index (κ3) is 6.02. The predicted molar refractivity (Wildman–Crippen MR) is 143 cm³/mol. The molecule has 0 fully saturated rings. The van der Waals surface area contributed by atoms with Crippen molar-refractivity contribution in [2.75, 3.05) is 0 Å². The normalized spacial score (nSPS) is 11.4. The van der Waals surface area contributed by atoms with E-state index in [2.05, 4.69) is 122 Å². The van der Waals surface area contributed by atoms with Crippen molar-refractivity contribution in [1.29, 1.82) is 0 Å². The van der Waals surface area contributed by atoms with Gasteiger partial charge in [0.25, 0.3) is 0 Å². The average Bonchev–Trinajstić information content (AvgIpc) is 2.82. The summed E-state index contributed by atoms with van der Waals surface area (Å²) in [5.74, 6) is 0. The molecule has 4 aromatic rings. The molecule has 0 heterocycles. The average molecular weight is 441 g/mol. The fraction of sp³-hybridized carbons (Fsp3) is 0.111. The van der Waals surface area contributed by atoms with Gasteiger partial charge in [-0.1, -0.05) is 134 Å². The van der Waals surface area contributed by atoms with Gasteiger partial charge in [0.2, 0.25) is 0 Å². The summed E-state index contributed by atoms with van der Waals surface area (Å²) < 4.78 is 0. The molecule has 0 aliphatic rings. The molecule has 0 amide bonds. The van der Waals surface area contributed by atoms with Crippen LogP contribution in [0.3, 0.4) is 0 Å². The smallest absolute Gasteiger partial charge is 0.0441 e. The molecule has 0 unspecified atom stereocenters. The highest BCUT2D eigenvalue weighted by Gasteiger charge is 2.32. The van der Waals surface area contributed by atoms with Gasteiger partial charge in [-0.25, -0.2) is 0 Å². The topological polar surface area (TPSA) is 0 Å². The Kier molecular flexibility index (Phi) is 8.20. The Labute approximate surface area is 187 Å². The van der Waals surface area contributed by atoms with Crippen molar-refractivity contribution in [2.45, 2.75) is 18.6 Å². The minimum Gasteiger partial charge on any atom is -0.0712 e. The lowest BCUT2D eigenvalue weighted by atomic mass is 10.0. The molecule has 4 rings (SSSR count). The highest BCUT2D eigenvalue weighted by atomic mass is 29.5. The summed E-state index contributed by atoms with van der Waals surface area (Å²) in [6, 6.07) is 43.0. The van der Waals surface area contributed by atoms with Crippen LogP contribution in [0.1, 0.15) is 16.7 Å². The van der Waals surface area contributed by atoms with E-state index in [9.17, 15) is 0 Å². The highest BCUT2D eigenvalue weighted by molar-refractivity contribution is 7.39. The molecule has 4 aromatic carbocycles. The van der Waals surface area contributed by atoms with Gasteiger partial charge in [0, 0.05) is 21.7 Å². The van der Waals surface area contributed by atoms with Gasteiger partial charge in [0.15, 0.2) is 0 Å². The van der Waals surface area contributed by atoms with Gasteiger partial charge in [-0.3, -0.25) is 0 Å². The van der Waals surface area contributed by atoms with Gasteiger partial charge in [-0.15, -0.1) is 0 Å². The number of hydrogen-bond acceptors (Lipinski definition) is 0. The molecular formula is C27H32Si3. The maximum atomic E-state index is 2.59. The Morgan fingerprint density at radius 1 is 0.533 bits per heavy atom. The molecule has 0 spiro atoms. The van der Waals surface area contributed by atoms with Crippen LogP contribution in [0.25, 0.3) is 11.1 Å². The zero-order valence-electron chi connectivity index (χ0n) is 18.3. The van der Waals surface area contributed by atoms with E-state index in [1.165, 1.54) is 32.0 Å². The molecule has 0 aliphatic heterocycles. The largest absolute Gasteiger partial charge is 0.0712 e. The lowest BCUT2D eigenvalue weighted by Crippen LogP contribution is -2.43. The van der Waals surface area contributed by atoms with Crippen molar-refractivity contribution >= 4 is 25.9 Å². The highest BCUT2D eigenvalue weighted by Crippen LogP contribution is 2.32. The quantitative estimate of drug-likeness (QED) is 0.366. The van der Waals surface area contributed by atoms with Crippen LogP contribution in [0.4, 0.5) is 0 Å². The van der Waals surface area contributed by atoms with E-state index in [4.69, 9.17) is 0 Å². The van der Waals surface area contributed by atoms with E-state index in [0.717, 1.165) is 0 Å². The SMILES string of the molecule is C[Si](C)([SiH2][SiH3])C(c1ccccc1)c1ccccc1.c1ccc(-c2ccccc2)cc1. The maximum absolute atomic E-state index is 2.59. The van der Waals surface area contributed by atoms with Crippen molar-refractivity contribution < 1.29 is 0 Å². The van der Waals surface area contributed by atoms with E-state index < -0.39 is 7.59 Å². The summed E-state index contributed by atoms with van der Waals surface area (Å²) in [5.41, 5.74) is 6.31. The Bertz CT molecular complexity index is 908.